The molecule has 1 aliphatic heterocycles. The first-order chi connectivity index (χ1) is 9.10. The van der Waals surface area contributed by atoms with Crippen molar-refractivity contribution in [3.05, 3.63) is 71.3 Å². The summed E-state index contributed by atoms with van der Waals surface area (Å²) in [5.74, 6) is -0.0987. The molecule has 2 aromatic rings. The Morgan fingerprint density at radius 2 is 1.75 bits per heavy atom. The minimum absolute atomic E-state index is 0. The first-order valence-corrected chi connectivity index (χ1v) is 6.31. The van der Waals surface area contributed by atoms with Crippen LogP contribution in [0.1, 0.15) is 30.5 Å². The summed E-state index contributed by atoms with van der Waals surface area (Å²) in [5.41, 5.74) is 3.07. The Bertz CT molecular complexity index is 674. The molecule has 20 heavy (non-hydrogen) atoms. The average Bonchev–Trinajstić information content (AvgIpc) is 2.44. The maximum atomic E-state index is 12.3. The zero-order valence-corrected chi connectivity index (χ0v) is 13.7. The minimum atomic E-state index is -0.561. The molecule has 0 unspecified atom stereocenters. The van der Waals surface area contributed by atoms with Crippen LogP contribution < -0.4 is 0 Å². The fraction of sp³-hybridized carbons (Fsp3) is 0.176. The fourth-order valence-electron chi connectivity index (χ4n) is 2.40. The number of carbonyl (C=O) groups is 1. The monoisotopic (exact) mass is 441 g/mol. The number of carbonyl (C=O) groups excluding carboxylic acids is 1. The molecule has 0 N–H and O–H groups in total. The average molecular weight is 441 g/mol. The molecular formula is C17H14IrNO-. The largest absolute Gasteiger partial charge is 0.272 e. The zero-order valence-electron chi connectivity index (χ0n) is 11.3. The molecule has 2 aromatic carbocycles. The smallest absolute Gasteiger partial charge is 0.247 e. The van der Waals surface area contributed by atoms with E-state index in [1.807, 2.05) is 62.4 Å². The second-order valence-corrected chi connectivity index (χ2v) is 5.21. The molecule has 0 aliphatic carbocycles. The first kappa shape index (κ1) is 14.8. The molecule has 0 spiro atoms. The van der Waals surface area contributed by atoms with E-state index in [0.29, 0.717) is 0 Å². The number of nitrogens with zero attached hydrogens (tertiary/aromatic N) is 1. The molecule has 1 amide bonds. The molecule has 103 valence electrons. The Balaban J connectivity index is 0.00000147. The van der Waals surface area contributed by atoms with Crippen LogP contribution >= 0.6 is 0 Å². The Morgan fingerprint density at radius 3 is 2.45 bits per heavy atom. The maximum Gasteiger partial charge on any atom is 0.247 e. The number of amides is 1. The van der Waals surface area contributed by atoms with Crippen molar-refractivity contribution in [2.75, 3.05) is 0 Å². The molecule has 0 fully saturated rings. The Kier molecular flexibility index (Phi) is 4.03. The molecule has 0 aromatic heterocycles. The summed E-state index contributed by atoms with van der Waals surface area (Å²) < 4.78 is 0. The van der Waals surface area contributed by atoms with E-state index in [1.165, 1.54) is 0 Å². The van der Waals surface area contributed by atoms with Gasteiger partial charge in [0.2, 0.25) is 5.91 Å². The van der Waals surface area contributed by atoms with Crippen molar-refractivity contribution in [2.24, 2.45) is 4.99 Å². The van der Waals surface area contributed by atoms with Gasteiger partial charge in [-0.3, -0.25) is 9.79 Å². The molecule has 0 saturated carbocycles. The molecular weight excluding hydrogens is 426 g/mol. The van der Waals surface area contributed by atoms with Crippen molar-refractivity contribution in [1.29, 1.82) is 0 Å². The second-order valence-electron chi connectivity index (χ2n) is 5.21. The van der Waals surface area contributed by atoms with Crippen molar-refractivity contribution in [2.45, 2.75) is 19.3 Å². The van der Waals surface area contributed by atoms with Crippen LogP contribution in [0, 0.1) is 6.07 Å². The van der Waals surface area contributed by atoms with E-state index in [9.17, 15) is 4.79 Å². The number of benzene rings is 2. The summed E-state index contributed by atoms with van der Waals surface area (Å²) in [6, 6.07) is 18.7. The second kappa shape index (κ2) is 5.43. The predicted molar refractivity (Wildman–Crippen MR) is 75.4 cm³/mol. The Hall–Kier alpha value is -1.57. The van der Waals surface area contributed by atoms with Crippen LogP contribution in [0.4, 0.5) is 0 Å². The fourth-order valence-corrected chi connectivity index (χ4v) is 2.40. The van der Waals surface area contributed by atoms with Crippen LogP contribution in [-0.4, -0.2) is 11.6 Å². The van der Waals surface area contributed by atoms with Gasteiger partial charge in [0.25, 0.3) is 0 Å². The SMILES string of the molecule is CC1(C)C(=O)N=C(c2[c-]cccc2)c2ccccc21.[Ir]. The topological polar surface area (TPSA) is 29.4 Å². The third kappa shape index (κ3) is 2.28. The van der Waals surface area contributed by atoms with Gasteiger partial charge in [-0.05, 0) is 30.7 Å². The van der Waals surface area contributed by atoms with Gasteiger partial charge in [0.15, 0.2) is 0 Å². The maximum absolute atomic E-state index is 12.3. The normalized spacial score (nSPS) is 15.9. The molecule has 1 aliphatic rings. The van der Waals surface area contributed by atoms with Crippen LogP contribution in [0.15, 0.2) is 53.5 Å². The van der Waals surface area contributed by atoms with Gasteiger partial charge >= 0.3 is 0 Å². The molecule has 3 rings (SSSR count). The van der Waals surface area contributed by atoms with Crippen molar-refractivity contribution in [3.8, 4) is 0 Å². The molecule has 0 saturated heterocycles. The van der Waals surface area contributed by atoms with E-state index < -0.39 is 5.41 Å². The van der Waals surface area contributed by atoms with Gasteiger partial charge in [-0.2, -0.15) is 0 Å². The number of rotatable bonds is 1. The van der Waals surface area contributed by atoms with Crippen molar-refractivity contribution < 1.29 is 24.9 Å². The molecule has 2 nitrogen and oxygen atoms in total. The summed E-state index contributed by atoms with van der Waals surface area (Å²) in [5, 5.41) is 0. The zero-order chi connectivity index (χ0) is 13.5. The van der Waals surface area contributed by atoms with Crippen molar-refractivity contribution in [1.82, 2.24) is 0 Å². The van der Waals surface area contributed by atoms with Crippen LogP contribution in [0.3, 0.4) is 0 Å². The Labute approximate surface area is 132 Å². The summed E-state index contributed by atoms with van der Waals surface area (Å²) in [4.78, 5) is 16.6. The third-order valence-corrected chi connectivity index (χ3v) is 3.57. The minimum Gasteiger partial charge on any atom is -0.272 e. The van der Waals surface area contributed by atoms with Crippen LogP contribution in [0.25, 0.3) is 0 Å². The molecule has 1 heterocycles. The third-order valence-electron chi connectivity index (χ3n) is 3.57. The van der Waals surface area contributed by atoms with E-state index >= 15 is 0 Å². The molecule has 0 bridgehead atoms. The molecule has 0 atom stereocenters. The van der Waals surface area contributed by atoms with Crippen LogP contribution in [0.5, 0.6) is 0 Å². The number of aliphatic imine (C=N–C) groups is 1. The van der Waals surface area contributed by atoms with Gasteiger partial charge in [0.05, 0.1) is 5.41 Å². The first-order valence-electron chi connectivity index (χ1n) is 6.31. The van der Waals surface area contributed by atoms with Gasteiger partial charge < -0.3 is 0 Å². The number of hydrogen-bond donors (Lipinski definition) is 0. The van der Waals surface area contributed by atoms with Crippen LogP contribution in [0.2, 0.25) is 0 Å². The van der Waals surface area contributed by atoms with Gasteiger partial charge in [-0.25, -0.2) is 0 Å². The van der Waals surface area contributed by atoms with Crippen molar-refractivity contribution in [3.63, 3.8) is 0 Å². The molecule has 1 radical (unpaired) electrons. The van der Waals surface area contributed by atoms with E-state index in [4.69, 9.17) is 0 Å². The van der Waals surface area contributed by atoms with Crippen LogP contribution in [-0.2, 0) is 30.3 Å². The van der Waals surface area contributed by atoms with Crippen molar-refractivity contribution >= 4 is 11.6 Å². The van der Waals surface area contributed by atoms with Gasteiger partial charge in [0.1, 0.15) is 0 Å². The number of hydrogen-bond acceptors (Lipinski definition) is 1. The summed E-state index contributed by atoms with van der Waals surface area (Å²) in [7, 11) is 0. The van der Waals surface area contributed by atoms with Gasteiger partial charge in [-0.15, -0.1) is 35.9 Å². The quantitative estimate of drug-likeness (QED) is 0.627. The van der Waals surface area contributed by atoms with E-state index in [0.717, 1.165) is 22.4 Å². The van der Waals surface area contributed by atoms with E-state index in [-0.39, 0.29) is 26.0 Å². The number of fused-ring (bicyclic) bond motifs is 1. The van der Waals surface area contributed by atoms with Gasteiger partial charge in [0, 0.05) is 20.1 Å². The molecule has 3 heteroatoms. The van der Waals surface area contributed by atoms with E-state index in [1.54, 1.807) is 0 Å². The van der Waals surface area contributed by atoms with E-state index in [2.05, 4.69) is 11.1 Å². The summed E-state index contributed by atoms with van der Waals surface area (Å²) in [6.45, 7) is 3.84. The predicted octanol–water partition coefficient (Wildman–Crippen LogP) is 3.14. The summed E-state index contributed by atoms with van der Waals surface area (Å²) >= 11 is 0. The summed E-state index contributed by atoms with van der Waals surface area (Å²) in [6.07, 6.45) is 0. The standard InChI is InChI=1S/C17H14NO.Ir/c1-17(2)14-11-7-6-10-13(14)15(18-16(17)19)12-8-4-3-5-9-12;/h3-8,10-11H,1-2H3;/q-1;. The Morgan fingerprint density at radius 1 is 1.05 bits per heavy atom. The van der Waals surface area contributed by atoms with Gasteiger partial charge in [-0.1, -0.05) is 24.3 Å².